The topological polar surface area (TPSA) is 80.0 Å². The molecule has 0 aromatic carbocycles. The van der Waals surface area contributed by atoms with Crippen molar-refractivity contribution in [1.82, 2.24) is 15.3 Å². The Balaban J connectivity index is 1.90. The summed E-state index contributed by atoms with van der Waals surface area (Å²) in [5, 5.41) is 5.95. The van der Waals surface area contributed by atoms with Crippen LogP contribution in [-0.2, 0) is 6.54 Å². The van der Waals surface area contributed by atoms with Crippen LogP contribution in [0.1, 0.15) is 41.2 Å². The van der Waals surface area contributed by atoms with E-state index in [-0.39, 0.29) is 12.5 Å². The molecule has 0 fully saturated rings. The molecule has 0 saturated heterocycles. The van der Waals surface area contributed by atoms with E-state index in [1.54, 1.807) is 12.3 Å². The highest BCUT2D eigenvalue weighted by Gasteiger charge is 2.10. The van der Waals surface area contributed by atoms with E-state index in [0.29, 0.717) is 11.6 Å². The van der Waals surface area contributed by atoms with Crippen molar-refractivity contribution >= 4 is 11.6 Å². The average molecular weight is 288 g/mol. The van der Waals surface area contributed by atoms with E-state index in [0.717, 1.165) is 30.1 Å². The van der Waals surface area contributed by atoms with Crippen molar-refractivity contribution in [3.63, 3.8) is 0 Å². The van der Waals surface area contributed by atoms with Gasteiger partial charge in [0.1, 0.15) is 11.5 Å². The highest BCUT2D eigenvalue weighted by atomic mass is 16.4. The van der Waals surface area contributed by atoms with E-state index in [1.807, 2.05) is 19.9 Å². The molecule has 6 heteroatoms. The molecule has 0 atom stereocenters. The lowest BCUT2D eigenvalue weighted by atomic mass is 10.3. The largest absolute Gasteiger partial charge is 0.444 e. The second-order valence-corrected chi connectivity index (χ2v) is 4.79. The van der Waals surface area contributed by atoms with Crippen LogP contribution in [0, 0.1) is 13.8 Å². The van der Waals surface area contributed by atoms with Gasteiger partial charge in [0.25, 0.3) is 5.91 Å². The molecule has 0 radical (unpaired) electrons. The Labute approximate surface area is 124 Å². The van der Waals surface area contributed by atoms with Crippen LogP contribution < -0.4 is 10.6 Å². The van der Waals surface area contributed by atoms with Gasteiger partial charge in [0.2, 0.25) is 5.89 Å². The number of oxazole rings is 1. The predicted octanol–water partition coefficient (Wildman–Crippen LogP) is 2.44. The molecule has 0 bridgehead atoms. The average Bonchev–Trinajstić information content (AvgIpc) is 2.82. The summed E-state index contributed by atoms with van der Waals surface area (Å²) in [6.45, 7) is 6.94. The van der Waals surface area contributed by atoms with Crippen molar-refractivity contribution in [2.24, 2.45) is 0 Å². The lowest BCUT2D eigenvalue weighted by Gasteiger charge is -2.05. The molecule has 0 aliphatic rings. The summed E-state index contributed by atoms with van der Waals surface area (Å²) in [7, 11) is 0. The molecule has 0 saturated carbocycles. The van der Waals surface area contributed by atoms with Gasteiger partial charge >= 0.3 is 0 Å². The summed E-state index contributed by atoms with van der Waals surface area (Å²) in [5.74, 6) is 1.02. The molecular formula is C15H20N4O2. The number of anilines is 1. The van der Waals surface area contributed by atoms with Crippen molar-refractivity contribution < 1.29 is 9.21 Å². The maximum Gasteiger partial charge on any atom is 0.270 e. The Morgan fingerprint density at radius 3 is 2.71 bits per heavy atom. The quantitative estimate of drug-likeness (QED) is 0.853. The molecule has 112 valence electrons. The van der Waals surface area contributed by atoms with Crippen LogP contribution in [0.3, 0.4) is 0 Å². The molecule has 1 amide bonds. The zero-order chi connectivity index (χ0) is 15.2. The van der Waals surface area contributed by atoms with Gasteiger partial charge in [-0.2, -0.15) is 0 Å². The minimum Gasteiger partial charge on any atom is -0.444 e. The Bertz CT molecular complexity index is 585. The van der Waals surface area contributed by atoms with Gasteiger partial charge < -0.3 is 15.1 Å². The van der Waals surface area contributed by atoms with Gasteiger partial charge in [-0.3, -0.25) is 4.79 Å². The number of hydrogen-bond acceptors (Lipinski definition) is 5. The van der Waals surface area contributed by atoms with Crippen molar-refractivity contribution in [3.8, 4) is 0 Å². The van der Waals surface area contributed by atoms with Gasteiger partial charge in [0, 0.05) is 6.54 Å². The Hall–Kier alpha value is -2.37. The van der Waals surface area contributed by atoms with Crippen LogP contribution >= 0.6 is 0 Å². The molecular weight excluding hydrogens is 268 g/mol. The summed E-state index contributed by atoms with van der Waals surface area (Å²) in [6, 6.07) is 3.54. The van der Waals surface area contributed by atoms with Gasteiger partial charge in [-0.05, 0) is 32.4 Å². The third-order valence-corrected chi connectivity index (χ3v) is 3.05. The van der Waals surface area contributed by atoms with E-state index >= 15 is 0 Å². The second-order valence-electron chi connectivity index (χ2n) is 4.79. The summed E-state index contributed by atoms with van der Waals surface area (Å²) in [6.07, 6.45) is 2.70. The van der Waals surface area contributed by atoms with Crippen LogP contribution in [-0.4, -0.2) is 22.4 Å². The molecule has 6 nitrogen and oxygen atoms in total. The van der Waals surface area contributed by atoms with E-state index < -0.39 is 0 Å². The van der Waals surface area contributed by atoms with Crippen LogP contribution in [0.2, 0.25) is 0 Å². The van der Waals surface area contributed by atoms with Crippen molar-refractivity contribution in [2.45, 2.75) is 33.7 Å². The zero-order valence-electron chi connectivity index (χ0n) is 12.6. The van der Waals surface area contributed by atoms with Crippen LogP contribution in [0.15, 0.2) is 22.7 Å². The molecule has 0 aliphatic carbocycles. The summed E-state index contributed by atoms with van der Waals surface area (Å²) >= 11 is 0. The fourth-order valence-electron chi connectivity index (χ4n) is 1.76. The molecule has 2 aromatic heterocycles. The van der Waals surface area contributed by atoms with Crippen molar-refractivity contribution in [2.75, 3.05) is 11.9 Å². The van der Waals surface area contributed by atoms with Crippen LogP contribution in [0.5, 0.6) is 0 Å². The normalized spacial score (nSPS) is 10.4. The maximum atomic E-state index is 12.0. The molecule has 0 aliphatic heterocycles. The highest BCUT2D eigenvalue weighted by molar-refractivity contribution is 5.92. The van der Waals surface area contributed by atoms with Gasteiger partial charge in [-0.25, -0.2) is 9.97 Å². The number of pyridine rings is 1. The molecule has 2 heterocycles. The monoisotopic (exact) mass is 288 g/mol. The molecule has 2 aromatic rings. The van der Waals surface area contributed by atoms with Gasteiger partial charge in [0.15, 0.2) is 0 Å². The number of rotatable bonds is 6. The fraction of sp³-hybridized carbons (Fsp3) is 0.400. The number of carbonyl (C=O) groups excluding carboxylic acids is 1. The summed E-state index contributed by atoms with van der Waals surface area (Å²) in [4.78, 5) is 20.3. The van der Waals surface area contributed by atoms with Gasteiger partial charge in [-0.15, -0.1) is 0 Å². The maximum absolute atomic E-state index is 12.0. The Morgan fingerprint density at radius 1 is 1.33 bits per heavy atom. The van der Waals surface area contributed by atoms with Crippen molar-refractivity contribution in [3.05, 3.63) is 41.4 Å². The first-order valence-electron chi connectivity index (χ1n) is 7.01. The number of carbonyl (C=O) groups is 1. The number of amides is 1. The first-order valence-corrected chi connectivity index (χ1v) is 7.01. The third kappa shape index (κ3) is 4.05. The SMILES string of the molecule is CCCNc1ccc(C(=O)NCc2nc(C)c(C)o2)nc1. The van der Waals surface area contributed by atoms with E-state index in [4.69, 9.17) is 4.42 Å². The molecule has 21 heavy (non-hydrogen) atoms. The summed E-state index contributed by atoms with van der Waals surface area (Å²) in [5.41, 5.74) is 2.12. The minimum atomic E-state index is -0.245. The Kier molecular flexibility index (Phi) is 4.92. The number of aryl methyl sites for hydroxylation is 2. The predicted molar refractivity (Wildman–Crippen MR) is 80.2 cm³/mol. The third-order valence-electron chi connectivity index (χ3n) is 3.05. The lowest BCUT2D eigenvalue weighted by molar-refractivity contribution is 0.0942. The second kappa shape index (κ2) is 6.88. The Morgan fingerprint density at radius 2 is 2.14 bits per heavy atom. The lowest BCUT2D eigenvalue weighted by Crippen LogP contribution is -2.24. The number of aromatic nitrogens is 2. The van der Waals surface area contributed by atoms with Crippen LogP contribution in [0.4, 0.5) is 5.69 Å². The smallest absolute Gasteiger partial charge is 0.270 e. The fourth-order valence-corrected chi connectivity index (χ4v) is 1.76. The number of hydrogen-bond donors (Lipinski definition) is 2. The molecule has 2 N–H and O–H groups in total. The summed E-state index contributed by atoms with van der Waals surface area (Å²) < 4.78 is 5.41. The molecule has 0 unspecified atom stereocenters. The zero-order valence-corrected chi connectivity index (χ0v) is 12.6. The highest BCUT2D eigenvalue weighted by Crippen LogP contribution is 2.09. The van der Waals surface area contributed by atoms with E-state index in [9.17, 15) is 4.79 Å². The number of nitrogens with one attached hydrogen (secondary N) is 2. The van der Waals surface area contributed by atoms with Gasteiger partial charge in [-0.1, -0.05) is 6.92 Å². The van der Waals surface area contributed by atoms with Gasteiger partial charge in [0.05, 0.1) is 24.1 Å². The first kappa shape index (κ1) is 15.0. The van der Waals surface area contributed by atoms with Crippen LogP contribution in [0.25, 0.3) is 0 Å². The first-order chi connectivity index (χ1) is 10.1. The minimum absolute atomic E-state index is 0.245. The number of nitrogens with zero attached hydrogens (tertiary/aromatic N) is 2. The van der Waals surface area contributed by atoms with E-state index in [2.05, 4.69) is 27.5 Å². The standard InChI is InChI=1S/C15H20N4O2/c1-4-7-16-12-5-6-13(17-8-12)15(20)18-9-14-19-10(2)11(3)21-14/h5-6,8,16H,4,7,9H2,1-3H3,(H,18,20). The molecule has 0 spiro atoms. The van der Waals surface area contributed by atoms with E-state index in [1.165, 1.54) is 0 Å². The molecule has 2 rings (SSSR count). The van der Waals surface area contributed by atoms with Crippen molar-refractivity contribution in [1.29, 1.82) is 0 Å².